The fourth-order valence-electron chi connectivity index (χ4n) is 1.40. The fourth-order valence-corrected chi connectivity index (χ4v) is 1.76. The summed E-state index contributed by atoms with van der Waals surface area (Å²) in [4.78, 5) is 16.8. The van der Waals surface area contributed by atoms with Gasteiger partial charge in [0.25, 0.3) is 5.91 Å². The molecule has 1 aliphatic rings. The van der Waals surface area contributed by atoms with Gasteiger partial charge in [0.2, 0.25) is 0 Å². The van der Waals surface area contributed by atoms with Crippen molar-refractivity contribution in [3.63, 3.8) is 0 Å². The molecule has 80 valence electrons. The van der Waals surface area contributed by atoms with E-state index in [4.69, 9.17) is 4.84 Å². The summed E-state index contributed by atoms with van der Waals surface area (Å²) in [5.41, 5.74) is 0.0336. The summed E-state index contributed by atoms with van der Waals surface area (Å²) >= 11 is 3.19. The molecular formula is C10H9BrFNO2. The maximum atomic E-state index is 13.3. The number of nitrogens with zero attached hydrogens (tertiary/aromatic N) is 1. The molecule has 0 atom stereocenters. The van der Waals surface area contributed by atoms with E-state index in [-0.39, 0.29) is 5.56 Å². The van der Waals surface area contributed by atoms with Crippen LogP contribution in [0.3, 0.4) is 0 Å². The zero-order valence-corrected chi connectivity index (χ0v) is 9.46. The van der Waals surface area contributed by atoms with Crippen molar-refractivity contribution in [1.82, 2.24) is 5.06 Å². The highest BCUT2D eigenvalue weighted by Gasteiger charge is 2.23. The minimum atomic E-state index is -0.529. The number of hydrogen-bond donors (Lipinski definition) is 0. The van der Waals surface area contributed by atoms with Crippen molar-refractivity contribution < 1.29 is 14.0 Å². The topological polar surface area (TPSA) is 29.5 Å². The lowest BCUT2D eigenvalue weighted by Gasteiger charge is -2.14. The summed E-state index contributed by atoms with van der Waals surface area (Å²) in [6.45, 7) is 1.03. The molecule has 1 fully saturated rings. The van der Waals surface area contributed by atoms with E-state index in [1.807, 2.05) is 0 Å². The highest BCUT2D eigenvalue weighted by Crippen LogP contribution is 2.18. The molecule has 15 heavy (non-hydrogen) atoms. The van der Waals surface area contributed by atoms with E-state index >= 15 is 0 Å². The molecule has 3 nitrogen and oxygen atoms in total. The van der Waals surface area contributed by atoms with E-state index in [0.29, 0.717) is 17.6 Å². The normalized spacial score (nSPS) is 15.7. The van der Waals surface area contributed by atoms with E-state index in [0.717, 1.165) is 6.42 Å². The number of amides is 1. The third kappa shape index (κ3) is 2.18. The second-order valence-electron chi connectivity index (χ2n) is 3.22. The van der Waals surface area contributed by atoms with Crippen LogP contribution in [0.15, 0.2) is 22.7 Å². The molecule has 1 aromatic carbocycles. The molecule has 0 N–H and O–H groups in total. The molecule has 1 saturated heterocycles. The van der Waals surface area contributed by atoms with Crippen LogP contribution in [0.2, 0.25) is 0 Å². The van der Waals surface area contributed by atoms with Crippen LogP contribution in [0, 0.1) is 5.82 Å². The van der Waals surface area contributed by atoms with Gasteiger partial charge in [-0.05, 0) is 24.6 Å². The lowest BCUT2D eigenvalue weighted by atomic mass is 10.2. The summed E-state index contributed by atoms with van der Waals surface area (Å²) in [5, 5.41) is 1.20. The molecule has 1 heterocycles. The third-order valence-electron chi connectivity index (χ3n) is 2.14. The minimum Gasteiger partial charge on any atom is -0.271 e. The number of carbonyl (C=O) groups is 1. The first-order valence-electron chi connectivity index (χ1n) is 4.58. The van der Waals surface area contributed by atoms with Crippen LogP contribution in [0.25, 0.3) is 0 Å². The average molecular weight is 274 g/mol. The second-order valence-corrected chi connectivity index (χ2v) is 4.13. The van der Waals surface area contributed by atoms with Gasteiger partial charge in [-0.2, -0.15) is 0 Å². The van der Waals surface area contributed by atoms with E-state index in [9.17, 15) is 9.18 Å². The zero-order chi connectivity index (χ0) is 10.8. The molecule has 5 heteroatoms. The molecule has 0 saturated carbocycles. The third-order valence-corrected chi connectivity index (χ3v) is 2.63. The van der Waals surface area contributed by atoms with Crippen molar-refractivity contribution in [2.45, 2.75) is 6.42 Å². The lowest BCUT2D eigenvalue weighted by molar-refractivity contribution is -0.0770. The Kier molecular flexibility index (Phi) is 3.02. The maximum Gasteiger partial charge on any atom is 0.280 e. The quantitative estimate of drug-likeness (QED) is 0.786. The minimum absolute atomic E-state index is 0.0336. The Bertz CT molecular complexity index is 391. The number of hydroxylamine groups is 2. The number of benzene rings is 1. The van der Waals surface area contributed by atoms with Gasteiger partial charge in [-0.25, -0.2) is 9.45 Å². The second kappa shape index (κ2) is 4.28. The van der Waals surface area contributed by atoms with Gasteiger partial charge in [-0.1, -0.05) is 15.9 Å². The van der Waals surface area contributed by atoms with Gasteiger partial charge in [0, 0.05) is 4.47 Å². The number of carbonyl (C=O) groups excluding carboxylic acids is 1. The number of hydrogen-bond acceptors (Lipinski definition) is 2. The predicted octanol–water partition coefficient (Wildman–Crippen LogP) is 2.37. The van der Waals surface area contributed by atoms with Gasteiger partial charge in [0.05, 0.1) is 18.7 Å². The van der Waals surface area contributed by atoms with Crippen LogP contribution in [0.5, 0.6) is 0 Å². The first-order valence-corrected chi connectivity index (χ1v) is 5.37. The van der Waals surface area contributed by atoms with Gasteiger partial charge in [0.15, 0.2) is 0 Å². The van der Waals surface area contributed by atoms with Crippen molar-refractivity contribution in [3.8, 4) is 0 Å². The largest absolute Gasteiger partial charge is 0.280 e. The Morgan fingerprint density at radius 2 is 2.33 bits per heavy atom. The Morgan fingerprint density at radius 3 is 3.00 bits per heavy atom. The maximum absolute atomic E-state index is 13.3. The zero-order valence-electron chi connectivity index (χ0n) is 7.87. The molecule has 2 rings (SSSR count). The Morgan fingerprint density at radius 1 is 1.53 bits per heavy atom. The number of rotatable bonds is 1. The van der Waals surface area contributed by atoms with Gasteiger partial charge >= 0.3 is 0 Å². The summed E-state index contributed by atoms with van der Waals surface area (Å²) in [6.07, 6.45) is 0.793. The van der Waals surface area contributed by atoms with Gasteiger partial charge in [0.1, 0.15) is 5.82 Å². The van der Waals surface area contributed by atoms with Crippen LogP contribution in [-0.4, -0.2) is 24.1 Å². The first kappa shape index (κ1) is 10.6. The smallest absolute Gasteiger partial charge is 0.271 e. The molecule has 1 amide bonds. The van der Waals surface area contributed by atoms with Gasteiger partial charge < -0.3 is 0 Å². The van der Waals surface area contributed by atoms with Crippen LogP contribution in [-0.2, 0) is 4.84 Å². The molecule has 0 radical (unpaired) electrons. The monoisotopic (exact) mass is 273 g/mol. The van der Waals surface area contributed by atoms with Crippen molar-refractivity contribution in [2.24, 2.45) is 0 Å². The highest BCUT2D eigenvalue weighted by atomic mass is 79.9. The summed E-state index contributed by atoms with van der Waals surface area (Å²) < 4.78 is 14.0. The molecule has 0 aromatic heterocycles. The van der Waals surface area contributed by atoms with E-state index < -0.39 is 11.7 Å². The molecule has 0 unspecified atom stereocenters. The molecule has 1 aliphatic heterocycles. The first-order chi connectivity index (χ1) is 7.18. The summed E-state index contributed by atoms with van der Waals surface area (Å²) in [7, 11) is 0. The molecule has 0 spiro atoms. The van der Waals surface area contributed by atoms with Crippen molar-refractivity contribution in [3.05, 3.63) is 34.1 Å². The van der Waals surface area contributed by atoms with Crippen LogP contribution >= 0.6 is 15.9 Å². The van der Waals surface area contributed by atoms with Crippen LogP contribution in [0.1, 0.15) is 16.8 Å². The van der Waals surface area contributed by atoms with E-state index in [1.165, 1.54) is 17.2 Å². The van der Waals surface area contributed by atoms with Crippen molar-refractivity contribution in [1.29, 1.82) is 0 Å². The summed E-state index contributed by atoms with van der Waals surface area (Å²) in [6, 6.07) is 4.27. The van der Waals surface area contributed by atoms with Crippen LogP contribution < -0.4 is 0 Å². The standard InChI is InChI=1S/C10H9BrFNO2/c11-7-2-3-9(12)8(6-7)10(14)13-4-1-5-15-13/h2-3,6H,1,4-5H2. The van der Waals surface area contributed by atoms with E-state index in [2.05, 4.69) is 15.9 Å². The molecule has 0 bridgehead atoms. The predicted molar refractivity (Wildman–Crippen MR) is 55.7 cm³/mol. The Labute approximate surface area is 94.9 Å². The Balaban J connectivity index is 2.27. The molecule has 0 aliphatic carbocycles. The van der Waals surface area contributed by atoms with Crippen molar-refractivity contribution >= 4 is 21.8 Å². The Hall–Kier alpha value is -0.940. The van der Waals surface area contributed by atoms with Crippen molar-refractivity contribution in [2.75, 3.05) is 13.2 Å². The fraction of sp³-hybridized carbons (Fsp3) is 0.300. The van der Waals surface area contributed by atoms with E-state index in [1.54, 1.807) is 6.07 Å². The summed E-state index contributed by atoms with van der Waals surface area (Å²) in [5.74, 6) is -0.954. The highest BCUT2D eigenvalue weighted by molar-refractivity contribution is 9.10. The van der Waals surface area contributed by atoms with Crippen LogP contribution in [0.4, 0.5) is 4.39 Å². The van der Waals surface area contributed by atoms with Gasteiger partial charge in [-0.3, -0.25) is 9.63 Å². The molecule has 1 aromatic rings. The number of halogens is 2. The molecular weight excluding hydrogens is 265 g/mol. The van der Waals surface area contributed by atoms with Gasteiger partial charge in [-0.15, -0.1) is 0 Å². The SMILES string of the molecule is O=C(c1cc(Br)ccc1F)N1CCCO1. The average Bonchev–Trinajstić information content (AvgIpc) is 2.74. The lowest BCUT2D eigenvalue weighted by Crippen LogP contribution is -2.27.